The fourth-order valence-electron chi connectivity index (χ4n) is 4.08. The molecule has 4 bridgehead atoms. The first-order valence-electron chi connectivity index (χ1n) is 6.26. The SMILES string of the molecule is C1=CCC2C(=C1)C=C1NC3CCC1C2C3. The van der Waals surface area contributed by atoms with Crippen molar-refractivity contribution in [2.75, 3.05) is 0 Å². The van der Waals surface area contributed by atoms with Gasteiger partial charge in [-0.25, -0.2) is 0 Å². The third kappa shape index (κ3) is 1.04. The van der Waals surface area contributed by atoms with Crippen LogP contribution in [-0.2, 0) is 0 Å². The van der Waals surface area contributed by atoms with E-state index in [-0.39, 0.29) is 0 Å². The molecule has 0 radical (unpaired) electrons. The summed E-state index contributed by atoms with van der Waals surface area (Å²) in [7, 11) is 0. The first-order chi connectivity index (χ1) is 7.42. The Morgan fingerprint density at radius 3 is 3.13 bits per heavy atom. The maximum absolute atomic E-state index is 3.71. The van der Waals surface area contributed by atoms with Crippen molar-refractivity contribution < 1.29 is 0 Å². The summed E-state index contributed by atoms with van der Waals surface area (Å²) in [4.78, 5) is 0. The molecule has 2 heterocycles. The molecule has 3 fully saturated rings. The predicted octanol–water partition coefficient (Wildman–Crippen LogP) is 2.77. The molecular weight excluding hydrogens is 182 g/mol. The average molecular weight is 199 g/mol. The van der Waals surface area contributed by atoms with E-state index in [0.717, 1.165) is 23.8 Å². The maximum Gasteiger partial charge on any atom is 0.0261 e. The van der Waals surface area contributed by atoms with E-state index >= 15 is 0 Å². The zero-order chi connectivity index (χ0) is 9.83. The van der Waals surface area contributed by atoms with Crippen molar-refractivity contribution in [1.82, 2.24) is 5.32 Å². The second-order valence-corrected chi connectivity index (χ2v) is 5.46. The molecule has 0 spiro atoms. The minimum atomic E-state index is 0.790. The lowest BCUT2D eigenvalue weighted by atomic mass is 9.60. The number of fused-ring (bicyclic) bond motifs is 2. The topological polar surface area (TPSA) is 12.0 Å². The van der Waals surface area contributed by atoms with Crippen molar-refractivity contribution >= 4 is 0 Å². The quantitative estimate of drug-likeness (QED) is 0.632. The Bertz CT molecular complexity index is 388. The van der Waals surface area contributed by atoms with Crippen molar-refractivity contribution in [3.05, 3.63) is 35.6 Å². The van der Waals surface area contributed by atoms with Crippen LogP contribution in [0.4, 0.5) is 0 Å². The summed E-state index contributed by atoms with van der Waals surface area (Å²) in [5, 5.41) is 3.71. The van der Waals surface area contributed by atoms with E-state index in [2.05, 4.69) is 29.6 Å². The molecule has 78 valence electrons. The van der Waals surface area contributed by atoms with E-state index in [0.29, 0.717) is 0 Å². The van der Waals surface area contributed by atoms with Gasteiger partial charge in [-0.2, -0.15) is 0 Å². The van der Waals surface area contributed by atoms with Crippen molar-refractivity contribution in [3.63, 3.8) is 0 Å². The van der Waals surface area contributed by atoms with E-state index in [1.54, 1.807) is 11.3 Å². The zero-order valence-electron chi connectivity index (χ0n) is 8.95. The first-order valence-corrected chi connectivity index (χ1v) is 6.26. The van der Waals surface area contributed by atoms with Crippen LogP contribution >= 0.6 is 0 Å². The van der Waals surface area contributed by atoms with Gasteiger partial charge in [0, 0.05) is 17.7 Å². The van der Waals surface area contributed by atoms with Gasteiger partial charge in [0.2, 0.25) is 0 Å². The Kier molecular flexibility index (Phi) is 1.52. The van der Waals surface area contributed by atoms with Gasteiger partial charge in [0.05, 0.1) is 0 Å². The molecule has 1 saturated carbocycles. The molecule has 0 aromatic carbocycles. The lowest BCUT2D eigenvalue weighted by Crippen LogP contribution is -2.51. The van der Waals surface area contributed by atoms with Gasteiger partial charge in [0.1, 0.15) is 0 Å². The molecule has 15 heavy (non-hydrogen) atoms. The standard InChI is InChI=1S/C14H17N/c1-2-4-11-9(3-1)7-14-12-6-5-10(15-14)8-13(11)12/h1-3,7,10-13,15H,4-6,8H2. The Morgan fingerprint density at radius 1 is 1.20 bits per heavy atom. The highest BCUT2D eigenvalue weighted by molar-refractivity contribution is 5.39. The van der Waals surface area contributed by atoms with Crippen LogP contribution in [0, 0.1) is 17.8 Å². The predicted molar refractivity (Wildman–Crippen MR) is 61.2 cm³/mol. The minimum absolute atomic E-state index is 0.790. The Balaban J connectivity index is 1.83. The lowest BCUT2D eigenvalue weighted by Gasteiger charge is -2.51. The molecule has 4 unspecified atom stereocenters. The van der Waals surface area contributed by atoms with Crippen LogP contribution in [0.15, 0.2) is 35.6 Å². The summed E-state index contributed by atoms with van der Waals surface area (Å²) in [5.41, 5.74) is 3.14. The number of nitrogens with one attached hydrogen (secondary N) is 1. The van der Waals surface area contributed by atoms with Gasteiger partial charge in [-0.05, 0) is 49.2 Å². The molecule has 1 heteroatoms. The maximum atomic E-state index is 3.71. The van der Waals surface area contributed by atoms with E-state index in [9.17, 15) is 0 Å². The third-order valence-electron chi connectivity index (χ3n) is 4.75. The fraction of sp³-hybridized carbons (Fsp3) is 0.571. The normalized spacial score (nSPS) is 45.3. The fourth-order valence-corrected chi connectivity index (χ4v) is 4.08. The van der Waals surface area contributed by atoms with Crippen LogP contribution in [0.2, 0.25) is 0 Å². The largest absolute Gasteiger partial charge is 0.385 e. The Morgan fingerprint density at radius 2 is 2.20 bits per heavy atom. The van der Waals surface area contributed by atoms with Crippen LogP contribution in [0.25, 0.3) is 0 Å². The van der Waals surface area contributed by atoms with Crippen LogP contribution in [0.5, 0.6) is 0 Å². The number of piperidine rings is 2. The molecule has 5 aliphatic rings. The van der Waals surface area contributed by atoms with E-state index in [1.807, 2.05) is 0 Å². The van der Waals surface area contributed by atoms with Gasteiger partial charge >= 0.3 is 0 Å². The molecule has 3 aliphatic carbocycles. The lowest BCUT2D eigenvalue weighted by molar-refractivity contribution is 0.122. The monoisotopic (exact) mass is 199 g/mol. The highest BCUT2D eigenvalue weighted by Gasteiger charge is 2.45. The number of rotatable bonds is 0. The highest BCUT2D eigenvalue weighted by atomic mass is 15.0. The zero-order valence-corrected chi connectivity index (χ0v) is 8.95. The molecule has 0 amide bonds. The summed E-state index contributed by atoms with van der Waals surface area (Å²) < 4.78 is 0. The summed E-state index contributed by atoms with van der Waals surface area (Å²) in [6, 6.07) is 0.790. The molecule has 5 rings (SSSR count). The van der Waals surface area contributed by atoms with E-state index in [1.165, 1.54) is 25.7 Å². The molecule has 1 nitrogen and oxygen atoms in total. The second-order valence-electron chi connectivity index (χ2n) is 5.46. The molecule has 2 aliphatic heterocycles. The van der Waals surface area contributed by atoms with E-state index in [4.69, 9.17) is 0 Å². The number of hydrogen-bond acceptors (Lipinski definition) is 1. The van der Waals surface area contributed by atoms with E-state index < -0.39 is 0 Å². The van der Waals surface area contributed by atoms with Gasteiger partial charge in [-0.3, -0.25) is 0 Å². The van der Waals surface area contributed by atoms with Gasteiger partial charge in [0.25, 0.3) is 0 Å². The van der Waals surface area contributed by atoms with Crippen molar-refractivity contribution in [1.29, 1.82) is 0 Å². The van der Waals surface area contributed by atoms with Crippen LogP contribution in [-0.4, -0.2) is 6.04 Å². The van der Waals surface area contributed by atoms with Crippen LogP contribution < -0.4 is 5.32 Å². The summed E-state index contributed by atoms with van der Waals surface area (Å²) in [6.45, 7) is 0. The summed E-state index contributed by atoms with van der Waals surface area (Å²) in [5.74, 6) is 2.65. The van der Waals surface area contributed by atoms with Gasteiger partial charge in [-0.1, -0.05) is 18.2 Å². The minimum Gasteiger partial charge on any atom is -0.385 e. The molecule has 2 saturated heterocycles. The second kappa shape index (κ2) is 2.78. The number of allylic oxidation sites excluding steroid dienone is 6. The summed E-state index contributed by atoms with van der Waals surface area (Å²) in [6.07, 6.45) is 14.9. The molecule has 0 aromatic heterocycles. The Hall–Kier alpha value is -0.980. The van der Waals surface area contributed by atoms with Gasteiger partial charge in [0.15, 0.2) is 0 Å². The van der Waals surface area contributed by atoms with Gasteiger partial charge < -0.3 is 5.32 Å². The third-order valence-corrected chi connectivity index (χ3v) is 4.75. The molecule has 4 atom stereocenters. The van der Waals surface area contributed by atoms with Crippen molar-refractivity contribution in [2.45, 2.75) is 31.7 Å². The average Bonchev–Trinajstić information content (AvgIpc) is 2.29. The van der Waals surface area contributed by atoms with Crippen molar-refractivity contribution in [3.8, 4) is 0 Å². The van der Waals surface area contributed by atoms with Crippen LogP contribution in [0.1, 0.15) is 25.7 Å². The van der Waals surface area contributed by atoms with Crippen LogP contribution in [0.3, 0.4) is 0 Å². The van der Waals surface area contributed by atoms with Crippen molar-refractivity contribution in [2.24, 2.45) is 17.8 Å². The molecule has 1 N–H and O–H groups in total. The Labute approximate surface area is 90.9 Å². The highest BCUT2D eigenvalue weighted by Crippen LogP contribution is 2.50. The number of hydrogen-bond donors (Lipinski definition) is 1. The summed E-state index contributed by atoms with van der Waals surface area (Å²) >= 11 is 0. The first kappa shape index (κ1) is 8.20. The molecule has 0 aromatic rings. The smallest absolute Gasteiger partial charge is 0.0261 e. The molecular formula is C14H17N. The van der Waals surface area contributed by atoms with Gasteiger partial charge in [-0.15, -0.1) is 0 Å².